The normalized spacial score (nSPS) is 21.3. The number of methoxy groups -OCH3 is 1. The molecule has 3 nitrogen and oxygen atoms in total. The largest absolute Gasteiger partial charge is 0.464 e. The zero-order chi connectivity index (χ0) is 10.7. The van der Waals surface area contributed by atoms with E-state index in [-0.39, 0.29) is 5.97 Å². The van der Waals surface area contributed by atoms with E-state index in [1.165, 1.54) is 18.6 Å². The monoisotopic (exact) mass is 261 g/mol. The first-order valence-corrected chi connectivity index (χ1v) is 7.62. The number of esters is 1. The molecule has 2 rings (SSSR count). The molecule has 15 heavy (non-hydrogen) atoms. The third-order valence-electron chi connectivity index (χ3n) is 2.01. The summed E-state index contributed by atoms with van der Waals surface area (Å²) in [6.07, 6.45) is 0. The fraction of sp³-hybridized carbons (Fsp3) is 0.556. The molecule has 1 aromatic heterocycles. The SMILES string of the molecule is COC(=O)c1csc(C2CSCCS2)n1. The molecule has 0 amide bonds. The van der Waals surface area contributed by atoms with Gasteiger partial charge in [-0.05, 0) is 0 Å². The number of carbonyl (C=O) groups excluding carboxylic acids is 1. The standard InChI is InChI=1S/C9H11NO2S3/c1-12-9(11)6-4-15-8(10-6)7-5-13-2-3-14-7/h4,7H,2-3,5H2,1H3. The number of nitrogens with zero attached hydrogens (tertiary/aromatic N) is 1. The summed E-state index contributed by atoms with van der Waals surface area (Å²) in [7, 11) is 1.38. The van der Waals surface area contributed by atoms with Crippen molar-refractivity contribution in [2.75, 3.05) is 24.4 Å². The predicted octanol–water partition coefficient (Wildman–Crippen LogP) is 2.45. The molecule has 0 bridgehead atoms. The molecular formula is C9H11NO2S3. The molecule has 1 unspecified atom stereocenters. The van der Waals surface area contributed by atoms with E-state index >= 15 is 0 Å². The van der Waals surface area contributed by atoms with Crippen LogP contribution in [0.1, 0.15) is 20.7 Å². The predicted molar refractivity (Wildman–Crippen MR) is 66.0 cm³/mol. The summed E-state index contributed by atoms with van der Waals surface area (Å²) in [5.41, 5.74) is 0.439. The van der Waals surface area contributed by atoms with Gasteiger partial charge in [-0.2, -0.15) is 11.8 Å². The molecule has 2 heterocycles. The molecule has 1 atom stereocenters. The molecule has 0 saturated carbocycles. The Morgan fingerprint density at radius 1 is 1.60 bits per heavy atom. The third kappa shape index (κ3) is 2.68. The number of ether oxygens (including phenoxy) is 1. The summed E-state index contributed by atoms with van der Waals surface area (Å²) in [5.74, 6) is 3.14. The Kier molecular flexibility index (Phi) is 3.93. The van der Waals surface area contributed by atoms with Crippen molar-refractivity contribution in [3.05, 3.63) is 16.1 Å². The summed E-state index contributed by atoms with van der Waals surface area (Å²) < 4.78 is 4.63. The van der Waals surface area contributed by atoms with Crippen LogP contribution in [-0.4, -0.2) is 35.3 Å². The van der Waals surface area contributed by atoms with E-state index in [0.29, 0.717) is 10.9 Å². The molecule has 82 valence electrons. The van der Waals surface area contributed by atoms with Crippen LogP contribution in [0.4, 0.5) is 0 Å². The highest BCUT2D eigenvalue weighted by atomic mass is 32.2. The summed E-state index contributed by atoms with van der Waals surface area (Å²) >= 11 is 5.43. The van der Waals surface area contributed by atoms with Gasteiger partial charge in [0.15, 0.2) is 5.69 Å². The van der Waals surface area contributed by atoms with Gasteiger partial charge in [0.2, 0.25) is 0 Å². The zero-order valence-corrected chi connectivity index (χ0v) is 10.7. The molecule has 6 heteroatoms. The van der Waals surface area contributed by atoms with Crippen molar-refractivity contribution < 1.29 is 9.53 Å². The highest BCUT2D eigenvalue weighted by Gasteiger charge is 2.21. The van der Waals surface area contributed by atoms with Crippen LogP contribution in [0.3, 0.4) is 0 Å². The summed E-state index contributed by atoms with van der Waals surface area (Å²) in [5, 5.41) is 3.28. The summed E-state index contributed by atoms with van der Waals surface area (Å²) in [4.78, 5) is 15.5. The van der Waals surface area contributed by atoms with Gasteiger partial charge in [-0.3, -0.25) is 0 Å². The van der Waals surface area contributed by atoms with Gasteiger partial charge in [-0.15, -0.1) is 23.1 Å². The Bertz CT molecular complexity index is 347. The number of hydrogen-bond acceptors (Lipinski definition) is 6. The average Bonchev–Trinajstić information content (AvgIpc) is 2.78. The smallest absolute Gasteiger partial charge is 0.357 e. The maximum absolute atomic E-state index is 11.2. The fourth-order valence-corrected chi connectivity index (χ4v) is 5.06. The Labute approximate surface area is 101 Å². The maximum Gasteiger partial charge on any atom is 0.357 e. The third-order valence-corrected chi connectivity index (χ3v) is 5.88. The highest BCUT2D eigenvalue weighted by Crippen LogP contribution is 2.37. The highest BCUT2D eigenvalue weighted by molar-refractivity contribution is 8.06. The van der Waals surface area contributed by atoms with E-state index < -0.39 is 0 Å². The molecule has 1 aliphatic rings. The minimum Gasteiger partial charge on any atom is -0.464 e. The molecule has 1 fully saturated rings. The molecule has 0 radical (unpaired) electrons. The zero-order valence-electron chi connectivity index (χ0n) is 8.26. The molecule has 0 aliphatic carbocycles. The van der Waals surface area contributed by atoms with Crippen molar-refractivity contribution in [2.24, 2.45) is 0 Å². The maximum atomic E-state index is 11.2. The molecule has 0 aromatic carbocycles. The fourth-order valence-electron chi connectivity index (χ4n) is 1.26. The Balaban J connectivity index is 2.08. The van der Waals surface area contributed by atoms with Crippen LogP contribution in [0, 0.1) is 0 Å². The van der Waals surface area contributed by atoms with Crippen LogP contribution in [0.2, 0.25) is 0 Å². The van der Waals surface area contributed by atoms with Gasteiger partial charge in [0, 0.05) is 22.6 Å². The second-order valence-corrected chi connectivity index (χ2v) is 6.35. The van der Waals surface area contributed by atoms with Crippen LogP contribution in [-0.2, 0) is 4.74 Å². The van der Waals surface area contributed by atoms with Crippen molar-refractivity contribution in [1.82, 2.24) is 4.98 Å². The molecule has 0 N–H and O–H groups in total. The van der Waals surface area contributed by atoms with Crippen LogP contribution < -0.4 is 0 Å². The topological polar surface area (TPSA) is 39.2 Å². The van der Waals surface area contributed by atoms with Gasteiger partial charge >= 0.3 is 5.97 Å². The van der Waals surface area contributed by atoms with Gasteiger partial charge in [-0.1, -0.05) is 0 Å². The van der Waals surface area contributed by atoms with Crippen LogP contribution in [0.25, 0.3) is 0 Å². The molecule has 1 aliphatic heterocycles. The Morgan fingerprint density at radius 3 is 3.13 bits per heavy atom. The summed E-state index contributed by atoms with van der Waals surface area (Å²) in [6.45, 7) is 0. The number of thioether (sulfide) groups is 2. The lowest BCUT2D eigenvalue weighted by Crippen LogP contribution is -2.07. The van der Waals surface area contributed by atoms with Crippen molar-refractivity contribution in [2.45, 2.75) is 5.25 Å². The van der Waals surface area contributed by atoms with E-state index in [1.54, 1.807) is 16.7 Å². The second kappa shape index (κ2) is 5.23. The molecular weight excluding hydrogens is 250 g/mol. The number of carbonyl (C=O) groups is 1. The van der Waals surface area contributed by atoms with Gasteiger partial charge in [-0.25, -0.2) is 9.78 Å². The van der Waals surface area contributed by atoms with Gasteiger partial charge in [0.1, 0.15) is 5.01 Å². The number of hydrogen-bond donors (Lipinski definition) is 0. The van der Waals surface area contributed by atoms with Crippen LogP contribution in [0.15, 0.2) is 5.38 Å². The quantitative estimate of drug-likeness (QED) is 0.765. The summed E-state index contributed by atoms with van der Waals surface area (Å²) in [6, 6.07) is 0. The van der Waals surface area contributed by atoms with Crippen LogP contribution >= 0.6 is 34.9 Å². The lowest BCUT2D eigenvalue weighted by atomic mass is 10.4. The van der Waals surface area contributed by atoms with E-state index in [9.17, 15) is 4.79 Å². The van der Waals surface area contributed by atoms with Crippen molar-refractivity contribution in [3.8, 4) is 0 Å². The Hall–Kier alpha value is -0.200. The first kappa shape index (κ1) is 11.3. The van der Waals surface area contributed by atoms with E-state index in [2.05, 4.69) is 9.72 Å². The lowest BCUT2D eigenvalue weighted by molar-refractivity contribution is 0.0595. The van der Waals surface area contributed by atoms with Gasteiger partial charge < -0.3 is 4.74 Å². The minimum absolute atomic E-state index is 0.342. The van der Waals surface area contributed by atoms with Crippen LogP contribution in [0.5, 0.6) is 0 Å². The number of rotatable bonds is 2. The van der Waals surface area contributed by atoms with E-state index in [0.717, 1.165) is 10.8 Å². The lowest BCUT2D eigenvalue weighted by Gasteiger charge is -2.18. The first-order chi connectivity index (χ1) is 7.31. The van der Waals surface area contributed by atoms with E-state index in [1.807, 2.05) is 23.5 Å². The molecule has 1 saturated heterocycles. The van der Waals surface area contributed by atoms with Crippen molar-refractivity contribution in [1.29, 1.82) is 0 Å². The average molecular weight is 261 g/mol. The minimum atomic E-state index is -0.342. The van der Waals surface area contributed by atoms with Crippen molar-refractivity contribution >= 4 is 40.8 Å². The number of aromatic nitrogens is 1. The van der Waals surface area contributed by atoms with E-state index in [4.69, 9.17) is 0 Å². The van der Waals surface area contributed by atoms with Gasteiger partial charge in [0.05, 0.1) is 12.4 Å². The van der Waals surface area contributed by atoms with Crippen molar-refractivity contribution in [3.63, 3.8) is 0 Å². The van der Waals surface area contributed by atoms with Gasteiger partial charge in [0.25, 0.3) is 0 Å². The first-order valence-electron chi connectivity index (χ1n) is 4.54. The second-order valence-electron chi connectivity index (χ2n) is 3.00. The Morgan fingerprint density at radius 2 is 2.47 bits per heavy atom. The molecule has 1 aromatic rings. The molecule has 0 spiro atoms. The number of thiazole rings is 1.